The summed E-state index contributed by atoms with van der Waals surface area (Å²) in [6, 6.07) is 18.1. The van der Waals surface area contributed by atoms with Crippen molar-refractivity contribution in [2.45, 2.75) is 6.54 Å². The number of nitrogens with zero attached hydrogens (tertiary/aromatic N) is 3. The van der Waals surface area contributed by atoms with Crippen molar-refractivity contribution >= 4 is 33.1 Å². The van der Waals surface area contributed by atoms with Gasteiger partial charge in [0.05, 0.1) is 18.1 Å². The second-order valence-electron chi connectivity index (χ2n) is 7.97. The van der Waals surface area contributed by atoms with Crippen LogP contribution in [0.15, 0.2) is 66.9 Å². The van der Waals surface area contributed by atoms with Gasteiger partial charge in [-0.3, -0.25) is 19.8 Å². The van der Waals surface area contributed by atoms with Gasteiger partial charge in [0.1, 0.15) is 5.56 Å². The third-order valence-corrected chi connectivity index (χ3v) is 6.12. The number of fused-ring (bicyclic) bond motifs is 2. The maximum atomic E-state index is 13.8. The van der Waals surface area contributed by atoms with Crippen molar-refractivity contribution in [3.8, 4) is 0 Å². The van der Waals surface area contributed by atoms with Crippen molar-refractivity contribution in [2.24, 2.45) is 0 Å². The summed E-state index contributed by atoms with van der Waals surface area (Å²) in [6.07, 6.45) is 1.85. The lowest BCUT2D eigenvalue weighted by molar-refractivity contribution is -0.385. The number of rotatable bonds is 6. The Bertz CT molecular complexity index is 1320. The summed E-state index contributed by atoms with van der Waals surface area (Å²) in [6.45, 7) is 4.84. The molecule has 0 spiro atoms. The zero-order valence-corrected chi connectivity index (χ0v) is 17.6. The van der Waals surface area contributed by atoms with E-state index in [0.29, 0.717) is 10.9 Å². The molecular weight excluding hydrogens is 406 g/mol. The Labute approximate surface area is 185 Å². The summed E-state index contributed by atoms with van der Waals surface area (Å²) in [5.74, 6) is -0.324. The van der Waals surface area contributed by atoms with E-state index in [1.807, 2.05) is 42.6 Å². The third kappa shape index (κ3) is 3.66. The van der Waals surface area contributed by atoms with Crippen LogP contribution < -0.4 is 0 Å². The van der Waals surface area contributed by atoms with E-state index >= 15 is 0 Å². The molecule has 4 aromatic rings. The Kier molecular flexibility index (Phi) is 5.43. The van der Waals surface area contributed by atoms with E-state index in [-0.39, 0.29) is 17.0 Å². The number of carbonyl (C=O) groups excluding carboxylic acids is 1. The van der Waals surface area contributed by atoms with Gasteiger partial charge in [-0.25, -0.2) is 0 Å². The minimum absolute atomic E-state index is 0.143. The summed E-state index contributed by atoms with van der Waals surface area (Å²) < 4.78 is 7.50. The molecule has 1 saturated heterocycles. The number of hydrogen-bond donors (Lipinski definition) is 0. The minimum Gasteiger partial charge on any atom is -0.379 e. The highest BCUT2D eigenvalue weighted by Gasteiger charge is 2.26. The Morgan fingerprint density at radius 1 is 0.938 bits per heavy atom. The van der Waals surface area contributed by atoms with Gasteiger partial charge in [0.2, 0.25) is 5.78 Å². The molecule has 3 aromatic carbocycles. The standard InChI is InChI=1S/C25H23N3O4/c29-25(24-19-6-2-1-5-18(19)9-10-23(24)28(30)31)21-17-27(22-8-4-3-7-20(21)22)12-11-26-13-15-32-16-14-26/h1-10,17H,11-16H2. The fourth-order valence-corrected chi connectivity index (χ4v) is 4.47. The lowest BCUT2D eigenvalue weighted by Gasteiger charge is -2.26. The second-order valence-corrected chi connectivity index (χ2v) is 7.97. The van der Waals surface area contributed by atoms with Crippen LogP contribution in [0.3, 0.4) is 0 Å². The minimum atomic E-state index is -0.475. The fourth-order valence-electron chi connectivity index (χ4n) is 4.47. The lowest BCUT2D eigenvalue weighted by Crippen LogP contribution is -2.38. The van der Waals surface area contributed by atoms with Crippen molar-refractivity contribution in [1.29, 1.82) is 0 Å². The van der Waals surface area contributed by atoms with E-state index in [0.717, 1.165) is 55.7 Å². The molecule has 162 valence electrons. The number of nitro benzene ring substituents is 1. The van der Waals surface area contributed by atoms with Gasteiger partial charge in [0, 0.05) is 54.9 Å². The summed E-state index contributed by atoms with van der Waals surface area (Å²) in [5.41, 5.74) is 1.41. The Hall–Kier alpha value is -3.55. The number of aromatic nitrogens is 1. The first-order valence-electron chi connectivity index (χ1n) is 10.7. The maximum absolute atomic E-state index is 13.8. The number of morpholine rings is 1. The molecule has 0 unspecified atom stereocenters. The number of nitro groups is 1. The molecule has 1 aromatic heterocycles. The molecule has 0 atom stereocenters. The molecule has 0 amide bonds. The van der Waals surface area contributed by atoms with Crippen LogP contribution in [0.1, 0.15) is 15.9 Å². The van der Waals surface area contributed by atoms with Crippen molar-refractivity contribution < 1.29 is 14.5 Å². The molecule has 7 nitrogen and oxygen atoms in total. The number of ether oxygens (including phenoxy) is 1. The van der Waals surface area contributed by atoms with Gasteiger partial charge in [0.25, 0.3) is 5.69 Å². The quantitative estimate of drug-likeness (QED) is 0.260. The molecule has 0 radical (unpaired) electrons. The highest BCUT2D eigenvalue weighted by Crippen LogP contribution is 2.32. The Balaban J connectivity index is 1.59. The van der Waals surface area contributed by atoms with Crippen LogP contribution in [0.25, 0.3) is 21.7 Å². The molecule has 0 saturated carbocycles. The molecule has 7 heteroatoms. The lowest BCUT2D eigenvalue weighted by atomic mass is 9.95. The van der Waals surface area contributed by atoms with Crippen molar-refractivity contribution in [3.05, 3.63) is 88.1 Å². The Morgan fingerprint density at radius 3 is 2.44 bits per heavy atom. The zero-order chi connectivity index (χ0) is 22.1. The van der Waals surface area contributed by atoms with Gasteiger partial charge in [0.15, 0.2) is 0 Å². The predicted octanol–water partition coefficient (Wildman–Crippen LogP) is 4.27. The normalized spacial score (nSPS) is 14.8. The van der Waals surface area contributed by atoms with Gasteiger partial charge < -0.3 is 9.30 Å². The van der Waals surface area contributed by atoms with Crippen LogP contribution in [-0.2, 0) is 11.3 Å². The van der Waals surface area contributed by atoms with Crippen LogP contribution in [-0.4, -0.2) is 53.0 Å². The average molecular weight is 429 g/mol. The largest absolute Gasteiger partial charge is 0.379 e. The zero-order valence-electron chi connectivity index (χ0n) is 17.6. The summed E-state index contributed by atoms with van der Waals surface area (Å²) in [4.78, 5) is 27.4. The first kappa shape index (κ1) is 20.4. The molecule has 5 rings (SSSR count). The number of ketones is 1. The van der Waals surface area contributed by atoms with E-state index in [2.05, 4.69) is 9.47 Å². The molecule has 0 N–H and O–H groups in total. The summed E-state index contributed by atoms with van der Waals surface area (Å²) in [5, 5.41) is 14.0. The first-order valence-corrected chi connectivity index (χ1v) is 10.7. The highest BCUT2D eigenvalue weighted by molar-refractivity contribution is 6.23. The molecule has 32 heavy (non-hydrogen) atoms. The molecule has 1 fully saturated rings. The number of carbonyl (C=O) groups is 1. The topological polar surface area (TPSA) is 77.6 Å². The van der Waals surface area contributed by atoms with Crippen LogP contribution in [0.4, 0.5) is 5.69 Å². The number of hydrogen-bond acceptors (Lipinski definition) is 5. The van der Waals surface area contributed by atoms with E-state index in [9.17, 15) is 14.9 Å². The number of para-hydroxylation sites is 1. The van der Waals surface area contributed by atoms with Crippen LogP contribution >= 0.6 is 0 Å². The van der Waals surface area contributed by atoms with Gasteiger partial charge >= 0.3 is 0 Å². The van der Waals surface area contributed by atoms with Crippen molar-refractivity contribution in [3.63, 3.8) is 0 Å². The monoisotopic (exact) mass is 429 g/mol. The second kappa shape index (κ2) is 8.53. The smallest absolute Gasteiger partial charge is 0.281 e. The van der Waals surface area contributed by atoms with E-state index in [4.69, 9.17) is 4.74 Å². The van der Waals surface area contributed by atoms with Gasteiger partial charge in [-0.15, -0.1) is 0 Å². The molecule has 1 aliphatic heterocycles. The average Bonchev–Trinajstić information content (AvgIpc) is 3.21. The molecule has 1 aliphatic rings. The van der Waals surface area contributed by atoms with Crippen LogP contribution in [0, 0.1) is 10.1 Å². The molecule has 2 heterocycles. The van der Waals surface area contributed by atoms with Crippen molar-refractivity contribution in [1.82, 2.24) is 9.47 Å². The summed E-state index contributed by atoms with van der Waals surface area (Å²) >= 11 is 0. The van der Waals surface area contributed by atoms with E-state index in [1.54, 1.807) is 18.2 Å². The summed E-state index contributed by atoms with van der Waals surface area (Å²) in [7, 11) is 0. The molecule has 0 aliphatic carbocycles. The van der Waals surface area contributed by atoms with E-state index < -0.39 is 4.92 Å². The van der Waals surface area contributed by atoms with Crippen LogP contribution in [0.2, 0.25) is 0 Å². The highest BCUT2D eigenvalue weighted by atomic mass is 16.6. The maximum Gasteiger partial charge on any atom is 0.281 e. The van der Waals surface area contributed by atoms with Crippen LogP contribution in [0.5, 0.6) is 0 Å². The Morgan fingerprint density at radius 2 is 1.66 bits per heavy atom. The van der Waals surface area contributed by atoms with E-state index in [1.165, 1.54) is 6.07 Å². The molecule has 0 bridgehead atoms. The predicted molar refractivity (Wildman–Crippen MR) is 123 cm³/mol. The van der Waals surface area contributed by atoms with Gasteiger partial charge in [-0.05, 0) is 22.9 Å². The van der Waals surface area contributed by atoms with Gasteiger partial charge in [-0.1, -0.05) is 42.5 Å². The first-order chi connectivity index (χ1) is 15.6. The number of benzene rings is 3. The SMILES string of the molecule is O=C(c1c([N+](=O)[O-])ccc2ccccc12)c1cn(CCN2CCOCC2)c2ccccc12. The van der Waals surface area contributed by atoms with Crippen molar-refractivity contribution in [2.75, 3.05) is 32.8 Å². The fraction of sp³-hybridized carbons (Fsp3) is 0.240. The van der Waals surface area contributed by atoms with Gasteiger partial charge in [-0.2, -0.15) is 0 Å². The molecular formula is C25H23N3O4. The third-order valence-electron chi connectivity index (χ3n) is 6.12.